The van der Waals surface area contributed by atoms with E-state index in [-0.39, 0.29) is 29.0 Å². The molecular weight excluding hydrogens is 276 g/mol. The summed E-state index contributed by atoms with van der Waals surface area (Å²) >= 11 is 0. The molecule has 0 saturated heterocycles. The van der Waals surface area contributed by atoms with Crippen molar-refractivity contribution in [2.75, 3.05) is 0 Å². The summed E-state index contributed by atoms with van der Waals surface area (Å²) in [6.07, 6.45) is 9.04. The van der Waals surface area contributed by atoms with Crippen LogP contribution >= 0.6 is 0 Å². The van der Waals surface area contributed by atoms with Gasteiger partial charge in [0.15, 0.2) is 0 Å². The Morgan fingerprint density at radius 2 is 1.82 bits per heavy atom. The number of rotatable bonds is 0. The summed E-state index contributed by atoms with van der Waals surface area (Å²) in [6, 6.07) is 0. The first kappa shape index (κ1) is 15.2. The minimum absolute atomic E-state index is 0.138. The van der Waals surface area contributed by atoms with Gasteiger partial charge in [0.1, 0.15) is 0 Å². The van der Waals surface area contributed by atoms with Crippen molar-refractivity contribution in [2.24, 2.45) is 22.7 Å². The topological polar surface area (TPSA) is 60.7 Å². The van der Waals surface area contributed by atoms with E-state index in [1.165, 1.54) is 5.57 Å². The van der Waals surface area contributed by atoms with E-state index in [1.807, 2.05) is 0 Å². The lowest BCUT2D eigenvalue weighted by molar-refractivity contribution is -0.143. The standard InChI is InChI=1S/C19H30O3/c1-17-8-5-13(20)11-12(17)3-4-15-14(17)6-9-18(2)16(21)7-10-19(15,18)22/h6,12-13,15-16,20-22H,3-5,7-11H2,1-2H3/t12?,13-,15+,16+,17-,18+,19-/m0/s1. The van der Waals surface area contributed by atoms with Crippen molar-refractivity contribution >= 4 is 0 Å². The van der Waals surface area contributed by atoms with Crippen molar-refractivity contribution in [3.05, 3.63) is 11.6 Å². The Labute approximate surface area is 133 Å². The van der Waals surface area contributed by atoms with Crippen molar-refractivity contribution in [1.29, 1.82) is 0 Å². The van der Waals surface area contributed by atoms with Crippen molar-refractivity contribution < 1.29 is 15.3 Å². The van der Waals surface area contributed by atoms with Crippen molar-refractivity contribution in [1.82, 2.24) is 0 Å². The predicted octanol–water partition coefficient (Wildman–Crippen LogP) is 2.79. The molecule has 0 amide bonds. The van der Waals surface area contributed by atoms with Gasteiger partial charge >= 0.3 is 0 Å². The lowest BCUT2D eigenvalue weighted by Gasteiger charge is -2.59. The van der Waals surface area contributed by atoms with Gasteiger partial charge in [0.05, 0.1) is 17.8 Å². The van der Waals surface area contributed by atoms with Gasteiger partial charge in [0.2, 0.25) is 0 Å². The summed E-state index contributed by atoms with van der Waals surface area (Å²) in [4.78, 5) is 0. The van der Waals surface area contributed by atoms with Crippen molar-refractivity contribution in [2.45, 2.75) is 83.0 Å². The highest BCUT2D eigenvalue weighted by Gasteiger charge is 2.64. The summed E-state index contributed by atoms with van der Waals surface area (Å²) in [6.45, 7) is 4.44. The molecule has 124 valence electrons. The first-order valence-corrected chi connectivity index (χ1v) is 9.10. The highest BCUT2D eigenvalue weighted by Crippen LogP contribution is 2.65. The molecule has 0 heterocycles. The van der Waals surface area contributed by atoms with Gasteiger partial charge in [0, 0.05) is 11.3 Å². The summed E-state index contributed by atoms with van der Waals surface area (Å²) in [5.74, 6) is 0.762. The van der Waals surface area contributed by atoms with Gasteiger partial charge in [-0.1, -0.05) is 25.5 Å². The molecule has 0 bridgehead atoms. The maximum atomic E-state index is 11.5. The number of fused-ring (bicyclic) bond motifs is 5. The van der Waals surface area contributed by atoms with Gasteiger partial charge in [-0.3, -0.25) is 0 Å². The van der Waals surface area contributed by atoms with E-state index in [0.717, 1.165) is 51.4 Å². The van der Waals surface area contributed by atoms with E-state index in [0.29, 0.717) is 5.92 Å². The van der Waals surface area contributed by atoms with E-state index in [9.17, 15) is 15.3 Å². The minimum Gasteiger partial charge on any atom is -0.393 e. The average Bonchev–Trinajstić information content (AvgIpc) is 2.72. The minimum atomic E-state index is -0.736. The third-order valence-electron chi connectivity index (χ3n) is 8.14. The van der Waals surface area contributed by atoms with Gasteiger partial charge in [0.25, 0.3) is 0 Å². The van der Waals surface area contributed by atoms with Crippen LogP contribution in [0.1, 0.15) is 65.2 Å². The predicted molar refractivity (Wildman–Crippen MR) is 85.2 cm³/mol. The van der Waals surface area contributed by atoms with E-state index in [1.54, 1.807) is 0 Å². The molecule has 4 aliphatic rings. The Kier molecular flexibility index (Phi) is 3.16. The van der Waals surface area contributed by atoms with Crippen LogP contribution in [0.15, 0.2) is 11.6 Å². The molecule has 3 N–H and O–H groups in total. The molecule has 0 aromatic heterocycles. The van der Waals surface area contributed by atoms with Crippen LogP contribution in [-0.4, -0.2) is 33.1 Å². The molecule has 4 rings (SSSR count). The zero-order valence-corrected chi connectivity index (χ0v) is 13.9. The number of hydrogen-bond acceptors (Lipinski definition) is 3. The molecule has 0 aromatic rings. The Morgan fingerprint density at radius 3 is 2.59 bits per heavy atom. The number of aliphatic hydroxyl groups excluding tert-OH is 2. The monoisotopic (exact) mass is 306 g/mol. The summed E-state index contributed by atoms with van der Waals surface area (Å²) in [5, 5.41) is 32.0. The molecule has 3 heteroatoms. The van der Waals surface area contributed by atoms with Gasteiger partial charge in [-0.15, -0.1) is 0 Å². The van der Waals surface area contributed by atoms with Gasteiger partial charge < -0.3 is 15.3 Å². The maximum Gasteiger partial charge on any atom is 0.0794 e. The third kappa shape index (κ3) is 1.68. The fourth-order valence-corrected chi connectivity index (χ4v) is 6.44. The third-order valence-corrected chi connectivity index (χ3v) is 8.14. The molecule has 0 spiro atoms. The number of allylic oxidation sites excluding steroid dienone is 1. The first-order chi connectivity index (χ1) is 10.3. The average molecular weight is 306 g/mol. The van der Waals surface area contributed by atoms with Crippen LogP contribution < -0.4 is 0 Å². The van der Waals surface area contributed by atoms with Crippen LogP contribution in [0.5, 0.6) is 0 Å². The van der Waals surface area contributed by atoms with Crippen LogP contribution in [0.2, 0.25) is 0 Å². The van der Waals surface area contributed by atoms with E-state index in [2.05, 4.69) is 19.9 Å². The van der Waals surface area contributed by atoms with E-state index in [4.69, 9.17) is 0 Å². The second-order valence-corrected chi connectivity index (χ2v) is 8.93. The maximum absolute atomic E-state index is 11.5. The van der Waals surface area contributed by atoms with Gasteiger partial charge in [-0.2, -0.15) is 0 Å². The first-order valence-electron chi connectivity index (χ1n) is 9.10. The molecule has 3 fully saturated rings. The molecule has 0 radical (unpaired) electrons. The second kappa shape index (κ2) is 4.58. The van der Waals surface area contributed by atoms with Crippen molar-refractivity contribution in [3.63, 3.8) is 0 Å². The van der Waals surface area contributed by atoms with Crippen LogP contribution in [-0.2, 0) is 0 Å². The Balaban J connectivity index is 1.75. The van der Waals surface area contributed by atoms with Crippen LogP contribution in [0, 0.1) is 22.7 Å². The number of aliphatic hydroxyl groups is 3. The lowest BCUT2D eigenvalue weighted by Crippen LogP contribution is -2.58. The summed E-state index contributed by atoms with van der Waals surface area (Å²) < 4.78 is 0. The summed E-state index contributed by atoms with van der Waals surface area (Å²) in [7, 11) is 0. The lowest BCUT2D eigenvalue weighted by atomic mass is 9.48. The highest BCUT2D eigenvalue weighted by atomic mass is 16.3. The quantitative estimate of drug-likeness (QED) is 0.603. The largest absolute Gasteiger partial charge is 0.393 e. The normalized spacial score (nSPS) is 57.6. The van der Waals surface area contributed by atoms with E-state index >= 15 is 0 Å². The second-order valence-electron chi connectivity index (χ2n) is 8.93. The molecular formula is C19H30O3. The Hall–Kier alpha value is -0.380. The van der Waals surface area contributed by atoms with Crippen LogP contribution in [0.25, 0.3) is 0 Å². The Bertz CT molecular complexity index is 515. The smallest absolute Gasteiger partial charge is 0.0794 e. The molecule has 3 nitrogen and oxygen atoms in total. The van der Waals surface area contributed by atoms with Gasteiger partial charge in [-0.25, -0.2) is 0 Å². The molecule has 7 atom stereocenters. The fourth-order valence-electron chi connectivity index (χ4n) is 6.44. The molecule has 0 aromatic carbocycles. The molecule has 22 heavy (non-hydrogen) atoms. The fraction of sp³-hybridized carbons (Fsp3) is 0.895. The molecule has 4 aliphatic carbocycles. The molecule has 1 unspecified atom stereocenters. The summed E-state index contributed by atoms with van der Waals surface area (Å²) in [5.41, 5.74) is 0.482. The van der Waals surface area contributed by atoms with Crippen LogP contribution in [0.3, 0.4) is 0 Å². The van der Waals surface area contributed by atoms with E-state index < -0.39 is 5.60 Å². The van der Waals surface area contributed by atoms with Crippen LogP contribution in [0.4, 0.5) is 0 Å². The zero-order valence-electron chi connectivity index (χ0n) is 13.9. The van der Waals surface area contributed by atoms with Crippen molar-refractivity contribution in [3.8, 4) is 0 Å². The highest BCUT2D eigenvalue weighted by molar-refractivity contribution is 5.33. The van der Waals surface area contributed by atoms with Gasteiger partial charge in [-0.05, 0) is 62.7 Å². The molecule has 0 aliphatic heterocycles. The Morgan fingerprint density at radius 1 is 1.05 bits per heavy atom. The molecule has 3 saturated carbocycles. The number of hydrogen-bond donors (Lipinski definition) is 3. The SMILES string of the molecule is C[C@]12CC[C@H](O)CC1CC[C@@H]1C2=CC[C@]2(C)[C@H](O)CC[C@]12O. The zero-order chi connectivity index (χ0) is 15.8.